The number of aliphatic imine (C=N–C) groups is 1. The molecule has 0 atom stereocenters. The fourth-order valence-corrected chi connectivity index (χ4v) is 1.95. The molecule has 0 aliphatic carbocycles. The van der Waals surface area contributed by atoms with Crippen LogP contribution in [0.2, 0.25) is 0 Å². The third kappa shape index (κ3) is 5.19. The Morgan fingerprint density at radius 1 is 1.41 bits per heavy atom. The van der Waals surface area contributed by atoms with Crippen LogP contribution in [-0.4, -0.2) is 12.5 Å². The van der Waals surface area contributed by atoms with Gasteiger partial charge in [0.15, 0.2) is 0 Å². The maximum absolute atomic E-state index is 5.43. The molecule has 0 aliphatic rings. The number of nitrogens with zero attached hydrogens (tertiary/aromatic N) is 1. The van der Waals surface area contributed by atoms with Crippen molar-refractivity contribution in [2.45, 2.75) is 20.8 Å². The molecule has 0 aromatic heterocycles. The van der Waals surface area contributed by atoms with Gasteiger partial charge in [0.1, 0.15) is 0 Å². The fraction of sp³-hybridized carbons (Fsp3) is 0.417. The predicted molar refractivity (Wildman–Crippen MR) is 77.0 cm³/mol. The molecule has 0 saturated carbocycles. The van der Waals surface area contributed by atoms with Crippen molar-refractivity contribution < 1.29 is 0 Å². The molecule has 0 saturated heterocycles. The van der Waals surface area contributed by atoms with E-state index in [1.165, 1.54) is 5.56 Å². The molecule has 0 heterocycles. The van der Waals surface area contributed by atoms with Crippen LogP contribution in [0.1, 0.15) is 19.4 Å². The highest BCUT2D eigenvalue weighted by molar-refractivity contribution is 9.10. The van der Waals surface area contributed by atoms with E-state index in [0.29, 0.717) is 11.9 Å². The molecule has 0 spiro atoms. The number of rotatable bonds is 3. The third-order valence-electron chi connectivity index (χ3n) is 2.06. The third-order valence-corrected chi connectivity index (χ3v) is 2.51. The number of anilines is 1. The van der Waals surface area contributed by atoms with Gasteiger partial charge in [-0.1, -0.05) is 29.8 Å². The number of benzene rings is 1. The number of aryl methyl sites for hydroxylation is 1. The number of nitrogens with one attached hydrogen (secondary N) is 2. The largest absolute Gasteiger partial charge is 0.325 e. The lowest BCUT2D eigenvalue weighted by molar-refractivity contribution is 0.663. The number of hydrogen-bond acceptors (Lipinski definition) is 2. The molecular formula is C12H19BrN4. The highest BCUT2D eigenvalue weighted by Crippen LogP contribution is 2.18. The summed E-state index contributed by atoms with van der Waals surface area (Å²) in [6.07, 6.45) is 0. The minimum atomic E-state index is 0.504. The molecule has 0 amide bonds. The van der Waals surface area contributed by atoms with Crippen molar-refractivity contribution in [3.8, 4) is 0 Å². The summed E-state index contributed by atoms with van der Waals surface area (Å²) in [6, 6.07) is 6.06. The lowest BCUT2D eigenvalue weighted by Crippen LogP contribution is -2.36. The summed E-state index contributed by atoms with van der Waals surface area (Å²) in [5.41, 5.74) is 4.69. The van der Waals surface area contributed by atoms with Crippen LogP contribution in [0.3, 0.4) is 0 Å². The molecule has 0 fully saturated rings. The normalized spacial score (nSPS) is 11.8. The first-order chi connectivity index (χ1) is 8.01. The summed E-state index contributed by atoms with van der Waals surface area (Å²) < 4.78 is 1.03. The Kier molecular flexibility index (Phi) is 5.44. The smallest absolute Gasteiger partial charge is 0.210 e. The number of guanidine groups is 1. The van der Waals surface area contributed by atoms with E-state index in [-0.39, 0.29) is 0 Å². The van der Waals surface area contributed by atoms with Crippen LogP contribution >= 0.6 is 15.9 Å². The second-order valence-electron chi connectivity index (χ2n) is 4.37. The van der Waals surface area contributed by atoms with Gasteiger partial charge in [0, 0.05) is 16.7 Å². The van der Waals surface area contributed by atoms with Gasteiger partial charge in [-0.15, -0.1) is 0 Å². The average molecular weight is 299 g/mol. The first-order valence-corrected chi connectivity index (χ1v) is 6.36. The second-order valence-corrected chi connectivity index (χ2v) is 5.29. The lowest BCUT2D eigenvalue weighted by Gasteiger charge is -2.11. The highest BCUT2D eigenvalue weighted by Gasteiger charge is 2.01. The molecule has 1 aromatic rings. The van der Waals surface area contributed by atoms with Crippen LogP contribution in [0.4, 0.5) is 5.69 Å². The first-order valence-electron chi connectivity index (χ1n) is 5.56. The Morgan fingerprint density at radius 2 is 2.12 bits per heavy atom. The Balaban J connectivity index is 2.76. The van der Waals surface area contributed by atoms with Crippen LogP contribution in [0.25, 0.3) is 0 Å². The molecule has 1 aromatic carbocycles. The fourth-order valence-electron chi connectivity index (χ4n) is 1.34. The van der Waals surface area contributed by atoms with Crippen LogP contribution in [0.5, 0.6) is 0 Å². The van der Waals surface area contributed by atoms with Crippen LogP contribution in [-0.2, 0) is 0 Å². The summed E-state index contributed by atoms with van der Waals surface area (Å²) in [5, 5.41) is 3.15. The molecule has 17 heavy (non-hydrogen) atoms. The van der Waals surface area contributed by atoms with Gasteiger partial charge in [0.2, 0.25) is 5.96 Å². The summed E-state index contributed by atoms with van der Waals surface area (Å²) in [4.78, 5) is 4.35. The van der Waals surface area contributed by atoms with Crippen molar-refractivity contribution in [2.75, 3.05) is 11.9 Å². The highest BCUT2D eigenvalue weighted by atomic mass is 79.9. The van der Waals surface area contributed by atoms with Gasteiger partial charge >= 0.3 is 0 Å². The topological polar surface area (TPSA) is 62.4 Å². The van der Waals surface area contributed by atoms with E-state index in [9.17, 15) is 0 Å². The zero-order valence-electron chi connectivity index (χ0n) is 10.4. The summed E-state index contributed by atoms with van der Waals surface area (Å²) in [7, 11) is 0. The van der Waals surface area contributed by atoms with Crippen molar-refractivity contribution in [3.63, 3.8) is 0 Å². The minimum Gasteiger partial charge on any atom is -0.325 e. The molecule has 0 bridgehead atoms. The molecule has 4 nitrogen and oxygen atoms in total. The molecule has 94 valence electrons. The zero-order valence-corrected chi connectivity index (χ0v) is 12.0. The maximum Gasteiger partial charge on any atom is 0.210 e. The van der Waals surface area contributed by atoms with E-state index in [4.69, 9.17) is 5.84 Å². The average Bonchev–Trinajstić information content (AvgIpc) is 2.22. The van der Waals surface area contributed by atoms with E-state index in [0.717, 1.165) is 16.7 Å². The Labute approximate surface area is 111 Å². The van der Waals surface area contributed by atoms with Crippen LogP contribution in [0, 0.1) is 12.8 Å². The molecule has 0 radical (unpaired) electrons. The van der Waals surface area contributed by atoms with Gasteiger partial charge in [-0.25, -0.2) is 5.84 Å². The molecule has 4 N–H and O–H groups in total. The van der Waals surface area contributed by atoms with E-state index in [1.54, 1.807) is 0 Å². The van der Waals surface area contributed by atoms with Crippen molar-refractivity contribution in [2.24, 2.45) is 16.8 Å². The minimum absolute atomic E-state index is 0.504. The molecule has 1 rings (SSSR count). The number of hydrogen-bond donors (Lipinski definition) is 3. The second kappa shape index (κ2) is 6.61. The van der Waals surface area contributed by atoms with Crippen molar-refractivity contribution in [3.05, 3.63) is 28.2 Å². The predicted octanol–water partition coefficient (Wildman–Crippen LogP) is 2.64. The van der Waals surface area contributed by atoms with Gasteiger partial charge in [0.25, 0.3) is 0 Å². The monoisotopic (exact) mass is 298 g/mol. The Bertz CT molecular complexity index is 381. The number of halogens is 1. The standard InChI is InChI=1S/C12H19BrN4/c1-8(2)7-15-12(17-14)16-11-5-9(3)4-10(13)6-11/h4-6,8H,7,14H2,1-3H3,(H2,15,16,17). The van der Waals surface area contributed by atoms with Gasteiger partial charge in [-0.2, -0.15) is 0 Å². The Hall–Kier alpha value is -1.07. The molecule has 0 unspecified atom stereocenters. The van der Waals surface area contributed by atoms with E-state index < -0.39 is 0 Å². The molecular weight excluding hydrogens is 280 g/mol. The molecule has 0 aliphatic heterocycles. The van der Waals surface area contributed by atoms with Crippen molar-refractivity contribution in [1.29, 1.82) is 0 Å². The van der Waals surface area contributed by atoms with Crippen molar-refractivity contribution in [1.82, 2.24) is 5.43 Å². The van der Waals surface area contributed by atoms with E-state index in [1.807, 2.05) is 25.1 Å². The molecule has 5 heteroatoms. The van der Waals surface area contributed by atoms with Gasteiger partial charge < -0.3 is 5.32 Å². The first kappa shape index (κ1) is 14.0. The SMILES string of the molecule is Cc1cc(Br)cc(NC(=NCC(C)C)NN)c1. The van der Waals surface area contributed by atoms with Crippen LogP contribution in [0.15, 0.2) is 27.7 Å². The Morgan fingerprint density at radius 3 is 2.65 bits per heavy atom. The summed E-state index contributed by atoms with van der Waals surface area (Å²) in [5.74, 6) is 6.51. The van der Waals surface area contributed by atoms with Gasteiger partial charge in [-0.05, 0) is 36.6 Å². The van der Waals surface area contributed by atoms with Gasteiger partial charge in [-0.3, -0.25) is 10.4 Å². The maximum atomic E-state index is 5.43. The quantitative estimate of drug-likeness (QED) is 0.348. The zero-order chi connectivity index (χ0) is 12.8. The van der Waals surface area contributed by atoms with E-state index >= 15 is 0 Å². The summed E-state index contributed by atoms with van der Waals surface area (Å²) in [6.45, 7) is 7.00. The van der Waals surface area contributed by atoms with Crippen LogP contribution < -0.4 is 16.6 Å². The van der Waals surface area contributed by atoms with E-state index in [2.05, 4.69) is 45.5 Å². The summed E-state index contributed by atoms with van der Waals surface area (Å²) >= 11 is 3.46. The van der Waals surface area contributed by atoms with Crippen molar-refractivity contribution >= 4 is 27.6 Å². The number of nitrogens with two attached hydrogens (primary N) is 1. The lowest BCUT2D eigenvalue weighted by atomic mass is 10.2. The van der Waals surface area contributed by atoms with Gasteiger partial charge in [0.05, 0.1) is 0 Å². The number of hydrazine groups is 1.